The van der Waals surface area contributed by atoms with Crippen molar-refractivity contribution in [3.8, 4) is 0 Å². The molecule has 2 aromatic carbocycles. The second-order valence-corrected chi connectivity index (χ2v) is 8.29. The molecular weight excluding hydrogens is 338 g/mol. The minimum atomic E-state index is -3.27. The molecule has 0 bridgehead atoms. The number of carbonyl (C=O) groups is 1. The summed E-state index contributed by atoms with van der Waals surface area (Å²) in [6, 6.07) is 10.8. The molecule has 0 spiro atoms. The van der Waals surface area contributed by atoms with Gasteiger partial charge in [0.25, 0.3) is 0 Å². The first kappa shape index (κ1) is 17.3. The summed E-state index contributed by atoms with van der Waals surface area (Å²) in [5, 5.41) is 5.61. The summed E-state index contributed by atoms with van der Waals surface area (Å²) in [5.41, 5.74) is 5.12. The van der Waals surface area contributed by atoms with Gasteiger partial charge in [0.2, 0.25) is 10.0 Å². The smallest absolute Gasteiger partial charge is 0.308 e. The summed E-state index contributed by atoms with van der Waals surface area (Å²) in [6.45, 7) is 4.39. The molecule has 2 N–H and O–H groups in total. The van der Waals surface area contributed by atoms with Crippen molar-refractivity contribution in [2.45, 2.75) is 20.3 Å². The number of benzene rings is 2. The van der Waals surface area contributed by atoms with E-state index in [9.17, 15) is 13.2 Å². The standard InChI is InChI=1S/C18H21N3O3S/c1-12-8-13(2)10-16(9-12)20-18(22)19-15-4-5-17-14(11-15)6-7-21(17)25(3,23)24/h4-5,8-11H,6-7H2,1-3H3,(H2,19,20,22). The third kappa shape index (κ3) is 3.93. The van der Waals surface area contributed by atoms with Crippen molar-refractivity contribution >= 4 is 33.1 Å². The van der Waals surface area contributed by atoms with Crippen molar-refractivity contribution in [2.24, 2.45) is 0 Å². The first-order chi connectivity index (χ1) is 11.7. The SMILES string of the molecule is Cc1cc(C)cc(NC(=O)Nc2ccc3c(c2)CCN3S(C)(=O)=O)c1. The summed E-state index contributed by atoms with van der Waals surface area (Å²) >= 11 is 0. The molecule has 0 atom stereocenters. The summed E-state index contributed by atoms with van der Waals surface area (Å²) in [7, 11) is -3.27. The molecule has 2 amide bonds. The number of amides is 2. The molecule has 0 fully saturated rings. The van der Waals surface area contributed by atoms with Gasteiger partial charge in [0.05, 0.1) is 11.9 Å². The number of sulfonamides is 1. The van der Waals surface area contributed by atoms with E-state index in [-0.39, 0.29) is 6.03 Å². The van der Waals surface area contributed by atoms with Gasteiger partial charge in [-0.3, -0.25) is 4.31 Å². The zero-order valence-electron chi connectivity index (χ0n) is 14.5. The number of fused-ring (bicyclic) bond motifs is 1. The second-order valence-electron chi connectivity index (χ2n) is 6.38. The van der Waals surface area contributed by atoms with Crippen LogP contribution < -0.4 is 14.9 Å². The topological polar surface area (TPSA) is 78.5 Å². The Morgan fingerprint density at radius 3 is 2.28 bits per heavy atom. The van der Waals surface area contributed by atoms with E-state index >= 15 is 0 Å². The number of carbonyl (C=O) groups excluding carboxylic acids is 1. The molecule has 1 heterocycles. The maximum Gasteiger partial charge on any atom is 0.323 e. The van der Waals surface area contributed by atoms with Crippen LogP contribution in [0.15, 0.2) is 36.4 Å². The fourth-order valence-electron chi connectivity index (χ4n) is 3.13. The highest BCUT2D eigenvalue weighted by molar-refractivity contribution is 7.92. The number of hydrogen-bond acceptors (Lipinski definition) is 3. The van der Waals surface area contributed by atoms with Gasteiger partial charge in [-0.25, -0.2) is 13.2 Å². The number of urea groups is 1. The quantitative estimate of drug-likeness (QED) is 0.883. The van der Waals surface area contributed by atoms with Crippen LogP contribution in [-0.2, 0) is 16.4 Å². The fourth-order valence-corrected chi connectivity index (χ4v) is 4.09. The highest BCUT2D eigenvalue weighted by Gasteiger charge is 2.26. The number of hydrogen-bond donors (Lipinski definition) is 2. The third-order valence-corrected chi connectivity index (χ3v) is 5.25. The van der Waals surface area contributed by atoms with E-state index in [1.165, 1.54) is 10.6 Å². The number of aryl methyl sites for hydroxylation is 2. The van der Waals surface area contributed by atoms with Gasteiger partial charge in [-0.15, -0.1) is 0 Å². The lowest BCUT2D eigenvalue weighted by Crippen LogP contribution is -2.27. The molecule has 2 aromatic rings. The normalized spacial score (nSPS) is 13.5. The van der Waals surface area contributed by atoms with Crippen LogP contribution in [0.2, 0.25) is 0 Å². The summed E-state index contributed by atoms with van der Waals surface area (Å²) in [6.07, 6.45) is 1.84. The summed E-state index contributed by atoms with van der Waals surface area (Å²) < 4.78 is 24.9. The predicted molar refractivity (Wildman–Crippen MR) is 101 cm³/mol. The van der Waals surface area contributed by atoms with E-state index < -0.39 is 10.0 Å². The van der Waals surface area contributed by atoms with Gasteiger partial charge in [0, 0.05) is 17.9 Å². The van der Waals surface area contributed by atoms with Crippen LogP contribution in [0, 0.1) is 13.8 Å². The Kier molecular flexibility index (Phi) is 4.43. The number of anilines is 3. The lowest BCUT2D eigenvalue weighted by Gasteiger charge is -2.16. The van der Waals surface area contributed by atoms with Crippen LogP contribution in [-0.4, -0.2) is 27.2 Å². The molecule has 3 rings (SSSR count). The molecule has 0 saturated carbocycles. The maximum absolute atomic E-state index is 12.2. The van der Waals surface area contributed by atoms with Crippen molar-refractivity contribution in [3.63, 3.8) is 0 Å². The van der Waals surface area contributed by atoms with Gasteiger partial charge in [-0.1, -0.05) is 6.07 Å². The average Bonchev–Trinajstić information content (AvgIpc) is 2.88. The Morgan fingerprint density at radius 2 is 1.64 bits per heavy atom. The van der Waals surface area contributed by atoms with E-state index in [0.29, 0.717) is 24.3 Å². The van der Waals surface area contributed by atoms with E-state index in [1.807, 2.05) is 38.1 Å². The van der Waals surface area contributed by atoms with Crippen LogP contribution >= 0.6 is 0 Å². The molecular formula is C18H21N3O3S. The van der Waals surface area contributed by atoms with Crippen LogP contribution in [0.25, 0.3) is 0 Å². The summed E-state index contributed by atoms with van der Waals surface area (Å²) in [4.78, 5) is 12.2. The summed E-state index contributed by atoms with van der Waals surface area (Å²) in [5.74, 6) is 0. The molecule has 0 radical (unpaired) electrons. The zero-order chi connectivity index (χ0) is 18.2. The molecule has 0 aliphatic carbocycles. The molecule has 25 heavy (non-hydrogen) atoms. The second kappa shape index (κ2) is 6.40. The predicted octanol–water partition coefficient (Wildman–Crippen LogP) is 3.27. The maximum atomic E-state index is 12.2. The first-order valence-electron chi connectivity index (χ1n) is 7.99. The Labute approximate surface area is 147 Å². The molecule has 0 aromatic heterocycles. The molecule has 7 heteroatoms. The van der Waals surface area contributed by atoms with Crippen LogP contribution in [0.5, 0.6) is 0 Å². The Morgan fingerprint density at radius 1 is 1.00 bits per heavy atom. The Hall–Kier alpha value is -2.54. The first-order valence-corrected chi connectivity index (χ1v) is 9.84. The fraction of sp³-hybridized carbons (Fsp3) is 0.278. The van der Waals surface area contributed by atoms with Gasteiger partial charge >= 0.3 is 6.03 Å². The lowest BCUT2D eigenvalue weighted by molar-refractivity contribution is 0.262. The number of nitrogens with one attached hydrogen (secondary N) is 2. The van der Waals surface area contributed by atoms with Gasteiger partial charge in [0.15, 0.2) is 0 Å². The zero-order valence-corrected chi connectivity index (χ0v) is 15.3. The average molecular weight is 359 g/mol. The highest BCUT2D eigenvalue weighted by atomic mass is 32.2. The monoisotopic (exact) mass is 359 g/mol. The van der Waals surface area contributed by atoms with Gasteiger partial charge < -0.3 is 10.6 Å². The Bertz CT molecular complexity index is 918. The minimum Gasteiger partial charge on any atom is -0.308 e. The van der Waals surface area contributed by atoms with Crippen LogP contribution in [0.4, 0.5) is 21.9 Å². The minimum absolute atomic E-state index is 0.331. The van der Waals surface area contributed by atoms with Gasteiger partial charge in [0.1, 0.15) is 0 Å². The molecule has 132 valence electrons. The number of rotatable bonds is 3. The molecule has 0 unspecified atom stereocenters. The van der Waals surface area contributed by atoms with Crippen LogP contribution in [0.1, 0.15) is 16.7 Å². The molecule has 6 nitrogen and oxygen atoms in total. The molecule has 1 aliphatic rings. The Balaban J connectivity index is 1.73. The van der Waals surface area contributed by atoms with Crippen molar-refractivity contribution in [1.82, 2.24) is 0 Å². The van der Waals surface area contributed by atoms with E-state index in [0.717, 1.165) is 22.4 Å². The lowest BCUT2D eigenvalue weighted by atomic mass is 10.1. The highest BCUT2D eigenvalue weighted by Crippen LogP contribution is 2.32. The van der Waals surface area contributed by atoms with Crippen molar-refractivity contribution in [3.05, 3.63) is 53.1 Å². The van der Waals surface area contributed by atoms with Gasteiger partial charge in [-0.05, 0) is 67.3 Å². The van der Waals surface area contributed by atoms with Crippen molar-refractivity contribution in [1.29, 1.82) is 0 Å². The largest absolute Gasteiger partial charge is 0.323 e. The third-order valence-electron chi connectivity index (χ3n) is 4.07. The van der Waals surface area contributed by atoms with Crippen molar-refractivity contribution < 1.29 is 13.2 Å². The molecule has 0 saturated heterocycles. The van der Waals surface area contributed by atoms with Crippen molar-refractivity contribution in [2.75, 3.05) is 27.7 Å². The van der Waals surface area contributed by atoms with Gasteiger partial charge in [-0.2, -0.15) is 0 Å². The van der Waals surface area contributed by atoms with Crippen LogP contribution in [0.3, 0.4) is 0 Å². The molecule has 1 aliphatic heterocycles. The van der Waals surface area contributed by atoms with E-state index in [2.05, 4.69) is 10.6 Å². The van der Waals surface area contributed by atoms with E-state index in [4.69, 9.17) is 0 Å². The van der Waals surface area contributed by atoms with E-state index in [1.54, 1.807) is 12.1 Å². The number of nitrogens with zero attached hydrogens (tertiary/aromatic N) is 1.